The van der Waals surface area contributed by atoms with Crippen LogP contribution in [0.1, 0.15) is 49.9 Å². The zero-order valence-corrected chi connectivity index (χ0v) is 15.5. The van der Waals surface area contributed by atoms with Gasteiger partial charge in [0.2, 0.25) is 0 Å². The normalized spacial score (nSPS) is 22.8. The number of thioether (sulfide) groups is 1. The van der Waals surface area contributed by atoms with E-state index in [-0.39, 0.29) is 0 Å². The fourth-order valence-electron chi connectivity index (χ4n) is 2.89. The van der Waals surface area contributed by atoms with Crippen molar-refractivity contribution in [3.05, 3.63) is 51.3 Å². The zero-order valence-electron chi connectivity index (χ0n) is 12.3. The predicted octanol–water partition coefficient (Wildman–Crippen LogP) is 6.18. The molecular formula is C17H20BrNS2. The lowest BCUT2D eigenvalue weighted by atomic mass is 9.99. The molecule has 3 atom stereocenters. The molecule has 1 aliphatic heterocycles. The Labute approximate surface area is 143 Å². The number of fused-ring (bicyclic) bond motifs is 1. The van der Waals surface area contributed by atoms with Crippen LogP contribution in [0, 0.1) is 0 Å². The molecule has 0 saturated heterocycles. The van der Waals surface area contributed by atoms with E-state index in [2.05, 4.69) is 70.8 Å². The van der Waals surface area contributed by atoms with Crippen molar-refractivity contribution in [1.29, 1.82) is 0 Å². The van der Waals surface area contributed by atoms with Crippen LogP contribution in [0.25, 0.3) is 0 Å². The van der Waals surface area contributed by atoms with Crippen LogP contribution in [0.15, 0.2) is 44.4 Å². The van der Waals surface area contributed by atoms with Crippen LogP contribution in [-0.2, 0) is 0 Å². The molecule has 0 amide bonds. The summed E-state index contributed by atoms with van der Waals surface area (Å²) in [7, 11) is 0. The van der Waals surface area contributed by atoms with Crippen LogP contribution in [0.4, 0.5) is 0 Å². The van der Waals surface area contributed by atoms with E-state index in [1.807, 2.05) is 23.1 Å². The lowest BCUT2D eigenvalue weighted by Crippen LogP contribution is -2.29. The largest absolute Gasteiger partial charge is 0.303 e. The Balaban J connectivity index is 1.80. The second-order valence-electron chi connectivity index (χ2n) is 5.56. The molecule has 0 saturated carbocycles. The van der Waals surface area contributed by atoms with E-state index in [0.717, 1.165) is 10.9 Å². The molecule has 3 rings (SSSR count). The molecule has 0 aliphatic carbocycles. The quantitative estimate of drug-likeness (QED) is 0.678. The number of halogens is 1. The van der Waals surface area contributed by atoms with Gasteiger partial charge in [-0.05, 0) is 47.5 Å². The molecule has 0 bridgehead atoms. The molecule has 1 nitrogen and oxygen atoms in total. The molecule has 2 heterocycles. The van der Waals surface area contributed by atoms with Crippen LogP contribution < -0.4 is 5.32 Å². The second-order valence-corrected chi connectivity index (χ2v) is 9.10. The SMILES string of the molecule is CCC(NC1C[C@H](C)Sc2sccc21)c1ccc(Br)cc1. The van der Waals surface area contributed by atoms with Gasteiger partial charge in [0.25, 0.3) is 0 Å². The molecule has 1 aliphatic rings. The second kappa shape index (κ2) is 6.86. The van der Waals surface area contributed by atoms with E-state index in [4.69, 9.17) is 0 Å². The van der Waals surface area contributed by atoms with E-state index >= 15 is 0 Å². The topological polar surface area (TPSA) is 12.0 Å². The number of hydrogen-bond acceptors (Lipinski definition) is 3. The highest BCUT2D eigenvalue weighted by atomic mass is 79.9. The third-order valence-electron chi connectivity index (χ3n) is 3.99. The van der Waals surface area contributed by atoms with Crippen molar-refractivity contribution in [3.63, 3.8) is 0 Å². The van der Waals surface area contributed by atoms with E-state index in [1.54, 1.807) is 0 Å². The molecule has 4 heteroatoms. The fraction of sp³-hybridized carbons (Fsp3) is 0.412. The minimum Gasteiger partial charge on any atom is -0.303 e. The Hall–Kier alpha value is -0.290. The van der Waals surface area contributed by atoms with Crippen LogP contribution >= 0.6 is 39.0 Å². The highest BCUT2D eigenvalue weighted by molar-refractivity contribution is 9.10. The van der Waals surface area contributed by atoms with E-state index < -0.39 is 0 Å². The summed E-state index contributed by atoms with van der Waals surface area (Å²) in [5, 5.41) is 6.81. The smallest absolute Gasteiger partial charge is 0.0649 e. The van der Waals surface area contributed by atoms with E-state index in [9.17, 15) is 0 Å². The van der Waals surface area contributed by atoms with Crippen LogP contribution in [-0.4, -0.2) is 5.25 Å². The van der Waals surface area contributed by atoms with Gasteiger partial charge in [0.05, 0.1) is 4.21 Å². The molecule has 0 spiro atoms. The summed E-state index contributed by atoms with van der Waals surface area (Å²) in [5.74, 6) is 0. The van der Waals surface area contributed by atoms with Gasteiger partial charge >= 0.3 is 0 Å². The summed E-state index contributed by atoms with van der Waals surface area (Å²) >= 11 is 7.43. The molecule has 1 N–H and O–H groups in total. The number of thiophene rings is 1. The van der Waals surface area contributed by atoms with Crippen molar-refractivity contribution < 1.29 is 0 Å². The minimum atomic E-state index is 0.422. The Bertz CT molecular complexity index is 593. The molecule has 0 fully saturated rings. The maximum atomic E-state index is 3.89. The summed E-state index contributed by atoms with van der Waals surface area (Å²) in [6.07, 6.45) is 2.32. The molecule has 2 aromatic rings. The monoisotopic (exact) mass is 381 g/mol. The minimum absolute atomic E-state index is 0.422. The lowest BCUT2D eigenvalue weighted by Gasteiger charge is -2.31. The first kappa shape index (κ1) is 15.6. The van der Waals surface area contributed by atoms with Crippen LogP contribution in [0.2, 0.25) is 0 Å². The zero-order chi connectivity index (χ0) is 14.8. The van der Waals surface area contributed by atoms with Crippen molar-refractivity contribution in [1.82, 2.24) is 5.32 Å². The maximum absolute atomic E-state index is 3.89. The highest BCUT2D eigenvalue weighted by Crippen LogP contribution is 2.44. The van der Waals surface area contributed by atoms with Gasteiger partial charge in [0.1, 0.15) is 0 Å². The van der Waals surface area contributed by atoms with Gasteiger partial charge in [0, 0.05) is 21.8 Å². The standard InChI is InChI=1S/C17H20BrNS2/c1-3-15(12-4-6-13(18)7-5-12)19-16-10-11(2)21-17-14(16)8-9-20-17/h4-9,11,15-16,19H,3,10H2,1-2H3/t11-,15?,16?/m0/s1. The van der Waals surface area contributed by atoms with Gasteiger partial charge < -0.3 is 5.32 Å². The van der Waals surface area contributed by atoms with Gasteiger partial charge in [-0.3, -0.25) is 0 Å². The Kier molecular flexibility index (Phi) is 5.10. The number of hydrogen-bond donors (Lipinski definition) is 1. The molecule has 2 unspecified atom stereocenters. The highest BCUT2D eigenvalue weighted by Gasteiger charge is 2.27. The number of benzene rings is 1. The average Bonchev–Trinajstić information content (AvgIpc) is 2.94. The number of nitrogens with one attached hydrogen (secondary N) is 1. The predicted molar refractivity (Wildman–Crippen MR) is 97.3 cm³/mol. The van der Waals surface area contributed by atoms with Crippen molar-refractivity contribution in [2.45, 2.75) is 48.2 Å². The van der Waals surface area contributed by atoms with Crippen molar-refractivity contribution in [3.8, 4) is 0 Å². The van der Waals surface area contributed by atoms with Crippen molar-refractivity contribution in [2.75, 3.05) is 0 Å². The van der Waals surface area contributed by atoms with Gasteiger partial charge in [0.15, 0.2) is 0 Å². The first-order valence-corrected chi connectivity index (χ1v) is 9.98. The third kappa shape index (κ3) is 3.55. The van der Waals surface area contributed by atoms with Crippen molar-refractivity contribution in [2.24, 2.45) is 0 Å². The van der Waals surface area contributed by atoms with Crippen LogP contribution in [0.5, 0.6) is 0 Å². The summed E-state index contributed by atoms with van der Waals surface area (Å²) < 4.78 is 2.64. The third-order valence-corrected chi connectivity index (χ3v) is 6.87. The molecule has 0 radical (unpaired) electrons. The molecular weight excluding hydrogens is 362 g/mol. The Morgan fingerprint density at radius 3 is 2.76 bits per heavy atom. The maximum Gasteiger partial charge on any atom is 0.0649 e. The van der Waals surface area contributed by atoms with Crippen LogP contribution in [0.3, 0.4) is 0 Å². The molecule has 112 valence electrons. The molecule has 21 heavy (non-hydrogen) atoms. The molecule has 1 aromatic heterocycles. The molecule has 1 aromatic carbocycles. The lowest BCUT2D eigenvalue weighted by molar-refractivity contribution is 0.409. The van der Waals surface area contributed by atoms with Gasteiger partial charge in [-0.1, -0.05) is 41.9 Å². The van der Waals surface area contributed by atoms with Gasteiger partial charge in [-0.15, -0.1) is 23.1 Å². The Morgan fingerprint density at radius 2 is 2.05 bits per heavy atom. The first-order valence-electron chi connectivity index (χ1n) is 7.43. The summed E-state index contributed by atoms with van der Waals surface area (Å²) in [4.78, 5) is 0. The van der Waals surface area contributed by atoms with Gasteiger partial charge in [-0.2, -0.15) is 0 Å². The fourth-order valence-corrected chi connectivity index (χ4v) is 5.73. The van der Waals surface area contributed by atoms with E-state index in [1.165, 1.54) is 21.8 Å². The number of rotatable bonds is 4. The summed E-state index contributed by atoms with van der Waals surface area (Å²) in [5.41, 5.74) is 2.88. The average molecular weight is 382 g/mol. The van der Waals surface area contributed by atoms with Gasteiger partial charge in [-0.25, -0.2) is 0 Å². The first-order chi connectivity index (χ1) is 10.2. The van der Waals surface area contributed by atoms with Crippen molar-refractivity contribution >= 4 is 39.0 Å². The van der Waals surface area contributed by atoms with E-state index in [0.29, 0.717) is 17.3 Å². The Morgan fingerprint density at radius 1 is 1.29 bits per heavy atom. The summed E-state index contributed by atoms with van der Waals surface area (Å²) in [6.45, 7) is 4.60. The summed E-state index contributed by atoms with van der Waals surface area (Å²) in [6, 6.07) is 11.9.